The molecule has 0 bridgehead atoms. The number of H-pyrrole nitrogens is 1. The van der Waals surface area contributed by atoms with E-state index in [0.717, 1.165) is 23.4 Å². The van der Waals surface area contributed by atoms with Gasteiger partial charge < -0.3 is 111 Å². The van der Waals surface area contributed by atoms with Crippen molar-refractivity contribution in [2.24, 2.45) is 0 Å². The minimum Gasteiger partial charge on any atom is -0.481 e. The van der Waals surface area contributed by atoms with Gasteiger partial charge in [-0.25, -0.2) is 28.1 Å². The first-order valence-electron chi connectivity index (χ1n) is 39.6. The van der Waals surface area contributed by atoms with Crippen molar-refractivity contribution >= 4 is 90.9 Å². The molecule has 9 aromatic rings. The molecule has 16 heterocycles. The molecule has 7 saturated heterocycles. The number of hydrogen-bond acceptors (Lipinski definition) is 28. The van der Waals surface area contributed by atoms with E-state index in [4.69, 9.17) is 87.2 Å². The summed E-state index contributed by atoms with van der Waals surface area (Å²) in [4.78, 5) is 35.3. The van der Waals surface area contributed by atoms with Crippen molar-refractivity contribution in [1.29, 1.82) is 0 Å². The highest BCUT2D eigenvalue weighted by atomic mass is 35.5. The molecule has 0 radical (unpaired) electrons. The molecule has 646 valence electrons. The van der Waals surface area contributed by atoms with Crippen LogP contribution in [0.1, 0.15) is 27.7 Å². The second-order valence-corrected chi connectivity index (χ2v) is 45.8. The van der Waals surface area contributed by atoms with Crippen LogP contribution in [0, 0.1) is 17.5 Å². The zero-order valence-electron chi connectivity index (χ0n) is 70.7. The first-order valence-corrected chi connectivity index (χ1v) is 47.4. The minimum absolute atomic E-state index is 0.131. The smallest absolute Gasteiger partial charge is 0.481 e. The Morgan fingerprint density at radius 3 is 1.30 bits per heavy atom. The zero-order chi connectivity index (χ0) is 85.5. The van der Waals surface area contributed by atoms with Gasteiger partial charge >= 0.3 is 7.12 Å². The van der Waals surface area contributed by atoms with Gasteiger partial charge in [0, 0.05) is 114 Å². The molecule has 12 atom stereocenters. The lowest BCUT2D eigenvalue weighted by atomic mass is 9.79. The van der Waals surface area contributed by atoms with E-state index in [-0.39, 0.29) is 116 Å². The van der Waals surface area contributed by atoms with Gasteiger partial charge in [-0.3, -0.25) is 9.13 Å². The molecule has 7 fully saturated rings. The summed E-state index contributed by atoms with van der Waals surface area (Å²) in [7, 11) is 13.0. The van der Waals surface area contributed by atoms with Crippen LogP contribution >= 0.6 is 11.6 Å². The van der Waals surface area contributed by atoms with E-state index in [0.29, 0.717) is 106 Å². The van der Waals surface area contributed by atoms with Gasteiger partial charge in [0.05, 0.1) is 116 Å². The Balaban J connectivity index is 0.000000141. The highest BCUT2D eigenvalue weighted by Gasteiger charge is 2.54. The Morgan fingerprint density at radius 1 is 0.487 bits per heavy atom. The Kier molecular flexibility index (Phi) is 27.1. The average molecular weight is 1710 g/mol. The van der Waals surface area contributed by atoms with E-state index < -0.39 is 77.3 Å². The standard InChI is InChI=1S/C27H37FN4O6Si.C21H23FN4O5.C19H26ClFN2O5Si.C14H23BN2O3/c1-31(2)22-8-7-16(27(30-22)34-3)24-17(28)11-19-18(29-24)12-23(32(19)15-35-9-10-39(4,5)6)38-21-14-37-25-20(33)13-36-26(21)25;1-26(2)16-5-4-10(21(25-16)28-3)18-11(22)6-12-13(24-18)7-17(23-12)31-15-9-30-19-14(27)8-29-20(15)19;1-29(2,3)5-4-25-10-23-13-6-11(21)19(20)22-12(13)7-16(23)28-15-9-27-17-14(24)8-26-18(15)17;1-13(2)14(3,4)20-15(19-13)10-8-9-11(17(5)6)16-12(10)18-7/h7-8,11-12,20-21,25-26,33H,9-10,13-15H2,1-6H3;4-7,14-15,19-20,23,27H,8-9H2,1-3H3;6-7,14-15,17-18,24H,4-5,8-10H2,1-3H3;8-9H,1-7H3/t20-,21-,25-,26-;14-,15-,19-,20-;14-,15-,17-,18-;/m111./s1. The van der Waals surface area contributed by atoms with Crippen molar-refractivity contribution in [1.82, 2.24) is 44.0 Å². The maximum atomic E-state index is 15.6. The summed E-state index contributed by atoms with van der Waals surface area (Å²) in [5.41, 5.74) is 4.41. The van der Waals surface area contributed by atoms with Gasteiger partial charge in [0.15, 0.2) is 58.6 Å². The van der Waals surface area contributed by atoms with Crippen LogP contribution in [0.15, 0.2) is 72.8 Å². The van der Waals surface area contributed by atoms with E-state index in [1.165, 1.54) is 32.4 Å². The third-order valence-electron chi connectivity index (χ3n) is 21.8. The van der Waals surface area contributed by atoms with E-state index in [2.05, 4.69) is 74.2 Å². The van der Waals surface area contributed by atoms with Gasteiger partial charge in [0.25, 0.3) is 0 Å². The molecule has 0 amide bonds. The Labute approximate surface area is 696 Å². The molecule has 4 N–H and O–H groups in total. The predicted molar refractivity (Wildman–Crippen MR) is 447 cm³/mol. The summed E-state index contributed by atoms with van der Waals surface area (Å²) in [6, 6.07) is 22.3. The monoisotopic (exact) mass is 1710 g/mol. The number of anilines is 3. The van der Waals surface area contributed by atoms with Crippen molar-refractivity contribution in [3.05, 3.63) is 95.4 Å². The van der Waals surface area contributed by atoms with Gasteiger partial charge in [0.1, 0.15) is 97.2 Å². The lowest BCUT2D eigenvalue weighted by Crippen LogP contribution is -2.41. The fourth-order valence-corrected chi connectivity index (χ4v) is 16.0. The van der Waals surface area contributed by atoms with E-state index in [1.54, 1.807) is 58.7 Å². The molecule has 0 spiro atoms. The number of halogens is 4. The molecule has 38 heteroatoms. The van der Waals surface area contributed by atoms with Gasteiger partial charge in [-0.1, -0.05) is 56.9 Å². The molecule has 119 heavy (non-hydrogen) atoms. The van der Waals surface area contributed by atoms with Crippen LogP contribution in [-0.4, -0.2) is 284 Å². The first-order chi connectivity index (χ1) is 56.4. The van der Waals surface area contributed by atoms with Crippen molar-refractivity contribution < 1.29 is 104 Å². The number of aliphatic hydroxyl groups excluding tert-OH is 3. The summed E-state index contributed by atoms with van der Waals surface area (Å²) in [5.74, 6) is 3.06. The third kappa shape index (κ3) is 19.8. The van der Waals surface area contributed by atoms with Crippen molar-refractivity contribution in [3.63, 3.8) is 0 Å². The number of nitrogens with zero attached hydrogens (tertiary/aromatic N) is 11. The maximum absolute atomic E-state index is 15.6. The van der Waals surface area contributed by atoms with E-state index >= 15 is 4.39 Å². The van der Waals surface area contributed by atoms with Crippen molar-refractivity contribution in [2.45, 2.75) is 177 Å². The number of ether oxygens (including phenoxy) is 14. The van der Waals surface area contributed by atoms with Crippen LogP contribution in [0.2, 0.25) is 56.5 Å². The molecule has 0 aromatic carbocycles. The molecular formula is C81H109BClF3N12O19Si2. The van der Waals surface area contributed by atoms with Crippen LogP contribution in [-0.2, 0) is 60.7 Å². The average Bonchev–Trinajstić information content (AvgIpc) is 1.62. The fraction of sp³-hybridized carbons (Fsp3) is 0.556. The van der Waals surface area contributed by atoms with Crippen LogP contribution in [0.25, 0.3) is 55.6 Å². The molecule has 0 unspecified atom stereocenters. The van der Waals surface area contributed by atoms with Gasteiger partial charge in [-0.2, -0.15) is 15.0 Å². The number of pyridine rings is 6. The summed E-state index contributed by atoms with van der Waals surface area (Å²) in [6.45, 7) is 24.9. The molecule has 0 saturated carbocycles. The number of methoxy groups -OCH3 is 3. The third-order valence-corrected chi connectivity index (χ3v) is 25.5. The summed E-state index contributed by atoms with van der Waals surface area (Å²) >= 11 is 5.85. The lowest BCUT2D eigenvalue weighted by molar-refractivity contribution is 0.00475. The quantitative estimate of drug-likeness (QED) is 0.0235. The molecular weight excluding hydrogens is 1600 g/mol. The summed E-state index contributed by atoms with van der Waals surface area (Å²) in [5, 5.41) is 29.7. The van der Waals surface area contributed by atoms with E-state index in [1.807, 2.05) is 96.8 Å². The fourth-order valence-electron chi connectivity index (χ4n) is 14.4. The lowest BCUT2D eigenvalue weighted by Gasteiger charge is -2.32. The van der Waals surface area contributed by atoms with E-state index in [9.17, 15) is 24.1 Å². The largest absolute Gasteiger partial charge is 0.500 e. The van der Waals surface area contributed by atoms with Crippen molar-refractivity contribution in [2.75, 3.05) is 131 Å². The molecule has 0 aliphatic carbocycles. The number of hydrogen-bond donors (Lipinski definition) is 4. The minimum atomic E-state index is -1.29. The van der Waals surface area contributed by atoms with Crippen LogP contribution < -0.4 is 48.6 Å². The summed E-state index contributed by atoms with van der Waals surface area (Å²) < 4.78 is 141. The molecule has 7 aliphatic heterocycles. The van der Waals surface area contributed by atoms with Crippen molar-refractivity contribution in [3.8, 4) is 57.8 Å². The topological polar surface area (TPSA) is 321 Å². The van der Waals surface area contributed by atoms with Gasteiger partial charge in [0.2, 0.25) is 17.6 Å². The normalized spacial score (nSPS) is 24.0. The van der Waals surface area contributed by atoms with Gasteiger partial charge in [-0.05, 0) is 70.1 Å². The Bertz CT molecular complexity index is 5030. The van der Waals surface area contributed by atoms with Crippen LogP contribution in [0.4, 0.5) is 30.6 Å². The SMILES string of the molecule is COc1nc(N(C)C)ccc1-c1nc2cc(O[C@@H]3CO[C@H]4[C@@H]3OC[C@H]4O)[nH]c2cc1F.COc1nc(N(C)C)ccc1-c1nc2cc(O[C@@H]3CO[C@H]4[C@@H]3OC[C@H]4O)n(COCC[Si](C)(C)C)c2cc1F.COc1nc(N(C)C)ccc1B1OC(C)(C)C(C)(C)O1.C[Si](C)(C)CCOCn1c(O[C@@H]2CO[C@H]3[C@@H]2OC[C@H]3O)cc2nc(Cl)c(F)cc21. The molecule has 16 rings (SSSR count). The number of aromatic nitrogens is 9. The number of aliphatic hydroxyl groups is 3. The number of nitrogens with one attached hydrogen (secondary N) is 1. The molecule has 31 nitrogen and oxygen atoms in total. The molecule has 7 aliphatic rings. The Hall–Kier alpha value is -8.22. The highest BCUT2D eigenvalue weighted by Crippen LogP contribution is 2.42. The number of rotatable bonds is 25. The van der Waals surface area contributed by atoms with Crippen LogP contribution in [0.3, 0.4) is 0 Å². The second kappa shape index (κ2) is 36.5. The second-order valence-electron chi connectivity index (χ2n) is 34.2. The highest BCUT2D eigenvalue weighted by molar-refractivity contribution is 6.76. The predicted octanol–water partition coefficient (Wildman–Crippen LogP) is 9.78. The van der Waals surface area contributed by atoms with Crippen LogP contribution in [0.5, 0.6) is 35.3 Å². The first kappa shape index (κ1) is 88.6. The summed E-state index contributed by atoms with van der Waals surface area (Å²) in [6.07, 6.45) is -5.45. The zero-order valence-corrected chi connectivity index (χ0v) is 73.5. The molecule has 9 aromatic heterocycles. The van der Waals surface area contributed by atoms with Gasteiger partial charge in [-0.15, -0.1) is 0 Å². The number of aromatic amines is 1. The number of fused-ring (bicyclic) bond motifs is 6. The Morgan fingerprint density at radius 2 is 0.874 bits per heavy atom. The maximum Gasteiger partial charge on any atom is 0.500 e.